The molecule has 0 saturated heterocycles. The van der Waals surface area contributed by atoms with E-state index in [1.165, 1.54) is 0 Å². The van der Waals surface area contributed by atoms with Gasteiger partial charge in [-0.3, -0.25) is 9.98 Å². The summed E-state index contributed by atoms with van der Waals surface area (Å²) >= 11 is 0. The second-order valence-corrected chi connectivity index (χ2v) is 6.88. The van der Waals surface area contributed by atoms with E-state index in [0.29, 0.717) is 11.4 Å². The van der Waals surface area contributed by atoms with Crippen LogP contribution < -0.4 is 11.5 Å². The van der Waals surface area contributed by atoms with Gasteiger partial charge in [0.15, 0.2) is 0 Å². The lowest BCUT2D eigenvalue weighted by molar-refractivity contribution is 1.45. The Kier molecular flexibility index (Phi) is 5.67. The highest BCUT2D eigenvalue weighted by molar-refractivity contribution is 5.88. The van der Waals surface area contributed by atoms with Crippen LogP contribution in [0, 0.1) is 0 Å². The Morgan fingerprint density at radius 2 is 1.03 bits per heavy atom. The molecular formula is C26H22N4. The third-order valence-electron chi connectivity index (χ3n) is 4.70. The summed E-state index contributed by atoms with van der Waals surface area (Å²) in [6, 6.07) is 31.7. The molecule has 0 saturated carbocycles. The van der Waals surface area contributed by atoms with Crippen molar-refractivity contribution in [3.8, 4) is 11.1 Å². The molecule has 4 aromatic rings. The lowest BCUT2D eigenvalue weighted by Crippen LogP contribution is -1.94. The molecule has 146 valence electrons. The summed E-state index contributed by atoms with van der Waals surface area (Å²) in [5.74, 6) is 0. The summed E-state index contributed by atoms with van der Waals surface area (Å²) in [5.41, 5.74) is 18.6. The summed E-state index contributed by atoms with van der Waals surface area (Å²) in [7, 11) is 0. The van der Waals surface area contributed by atoms with E-state index >= 15 is 0 Å². The van der Waals surface area contributed by atoms with Crippen molar-refractivity contribution in [3.05, 3.63) is 108 Å². The standard InChI is InChI=1S/C26H22N4/c27-23-13-11-21(15-24(23)28)22-12-14-25(29-17-19-7-3-1-4-8-19)26(16-22)30-18-20-9-5-2-6-10-20/h1-18H,27-28H2. The highest BCUT2D eigenvalue weighted by atomic mass is 14.8. The zero-order chi connectivity index (χ0) is 20.8. The molecule has 4 rings (SSSR count). The maximum Gasteiger partial charge on any atom is 0.0892 e. The Morgan fingerprint density at radius 3 is 1.63 bits per heavy atom. The van der Waals surface area contributed by atoms with Gasteiger partial charge in [0.1, 0.15) is 0 Å². The molecule has 0 amide bonds. The maximum absolute atomic E-state index is 5.99. The van der Waals surface area contributed by atoms with Crippen molar-refractivity contribution >= 4 is 35.2 Å². The van der Waals surface area contributed by atoms with Gasteiger partial charge >= 0.3 is 0 Å². The van der Waals surface area contributed by atoms with Crippen molar-refractivity contribution in [1.82, 2.24) is 0 Å². The first kappa shape index (κ1) is 19.2. The lowest BCUT2D eigenvalue weighted by atomic mass is 10.0. The van der Waals surface area contributed by atoms with Crippen LogP contribution in [0.25, 0.3) is 11.1 Å². The molecule has 0 aliphatic rings. The second kappa shape index (κ2) is 8.88. The van der Waals surface area contributed by atoms with Gasteiger partial charge in [0, 0.05) is 12.4 Å². The zero-order valence-corrected chi connectivity index (χ0v) is 16.4. The molecule has 0 fully saturated rings. The minimum absolute atomic E-state index is 0.563. The summed E-state index contributed by atoms with van der Waals surface area (Å²) in [5, 5.41) is 0. The lowest BCUT2D eigenvalue weighted by Gasteiger charge is -2.08. The van der Waals surface area contributed by atoms with E-state index in [4.69, 9.17) is 16.5 Å². The van der Waals surface area contributed by atoms with Crippen molar-refractivity contribution < 1.29 is 0 Å². The van der Waals surface area contributed by atoms with Gasteiger partial charge in [0.05, 0.1) is 22.7 Å². The van der Waals surface area contributed by atoms with E-state index in [1.54, 1.807) is 0 Å². The fourth-order valence-electron chi connectivity index (χ4n) is 3.04. The largest absolute Gasteiger partial charge is 0.397 e. The second-order valence-electron chi connectivity index (χ2n) is 6.88. The number of nitrogens with zero attached hydrogens (tertiary/aromatic N) is 2. The maximum atomic E-state index is 5.99. The number of nitrogen functional groups attached to an aromatic ring is 2. The quantitative estimate of drug-likeness (QED) is 0.323. The van der Waals surface area contributed by atoms with Crippen LogP contribution in [0.5, 0.6) is 0 Å². The van der Waals surface area contributed by atoms with E-state index in [-0.39, 0.29) is 0 Å². The molecule has 0 bridgehead atoms. The van der Waals surface area contributed by atoms with Crippen molar-refractivity contribution in [2.75, 3.05) is 11.5 Å². The number of rotatable bonds is 5. The predicted molar refractivity (Wildman–Crippen MR) is 128 cm³/mol. The first-order valence-electron chi connectivity index (χ1n) is 9.67. The van der Waals surface area contributed by atoms with E-state index in [2.05, 4.69) is 4.99 Å². The molecule has 0 aromatic heterocycles. The van der Waals surface area contributed by atoms with Gasteiger partial charge in [0.2, 0.25) is 0 Å². The first-order valence-corrected chi connectivity index (χ1v) is 9.67. The van der Waals surface area contributed by atoms with Crippen LogP contribution in [0.15, 0.2) is 107 Å². The average Bonchev–Trinajstić information content (AvgIpc) is 2.80. The topological polar surface area (TPSA) is 76.8 Å². The number of aliphatic imine (C=N–C) groups is 2. The van der Waals surface area contributed by atoms with Gasteiger partial charge in [0.25, 0.3) is 0 Å². The molecule has 0 atom stereocenters. The molecule has 30 heavy (non-hydrogen) atoms. The third kappa shape index (κ3) is 4.62. The van der Waals surface area contributed by atoms with Gasteiger partial charge in [-0.05, 0) is 46.5 Å². The molecule has 0 unspecified atom stereocenters. The van der Waals surface area contributed by atoms with Crippen molar-refractivity contribution in [3.63, 3.8) is 0 Å². The van der Waals surface area contributed by atoms with E-state index in [1.807, 2.05) is 109 Å². The van der Waals surface area contributed by atoms with Crippen molar-refractivity contribution in [2.24, 2.45) is 9.98 Å². The highest BCUT2D eigenvalue weighted by Crippen LogP contribution is 2.34. The predicted octanol–water partition coefficient (Wildman–Crippen LogP) is 6.02. The smallest absolute Gasteiger partial charge is 0.0892 e. The van der Waals surface area contributed by atoms with E-state index in [9.17, 15) is 0 Å². The van der Waals surface area contributed by atoms with Crippen LogP contribution in [-0.2, 0) is 0 Å². The molecule has 4 aromatic carbocycles. The molecule has 4 heteroatoms. The first-order chi connectivity index (χ1) is 14.7. The van der Waals surface area contributed by atoms with Crippen LogP contribution in [0.4, 0.5) is 22.7 Å². The molecule has 4 nitrogen and oxygen atoms in total. The Bertz CT molecular complexity index is 1200. The summed E-state index contributed by atoms with van der Waals surface area (Å²) < 4.78 is 0. The molecule has 0 radical (unpaired) electrons. The molecule has 4 N–H and O–H groups in total. The number of nitrogens with two attached hydrogens (primary N) is 2. The van der Waals surface area contributed by atoms with Crippen molar-refractivity contribution in [2.45, 2.75) is 0 Å². The minimum Gasteiger partial charge on any atom is -0.397 e. The number of benzene rings is 4. The number of anilines is 2. The van der Waals surface area contributed by atoms with Crippen LogP contribution in [-0.4, -0.2) is 12.4 Å². The van der Waals surface area contributed by atoms with Gasteiger partial charge < -0.3 is 11.5 Å². The van der Waals surface area contributed by atoms with E-state index < -0.39 is 0 Å². The fraction of sp³-hybridized carbons (Fsp3) is 0. The number of hydrogen-bond donors (Lipinski definition) is 2. The van der Waals surface area contributed by atoms with Crippen LogP contribution in [0.2, 0.25) is 0 Å². The fourth-order valence-corrected chi connectivity index (χ4v) is 3.04. The van der Waals surface area contributed by atoms with Crippen LogP contribution in [0.1, 0.15) is 11.1 Å². The summed E-state index contributed by atoms with van der Waals surface area (Å²) in [4.78, 5) is 9.39. The molecule has 0 aliphatic heterocycles. The van der Waals surface area contributed by atoms with Crippen LogP contribution >= 0.6 is 0 Å². The Balaban J connectivity index is 1.74. The van der Waals surface area contributed by atoms with Crippen molar-refractivity contribution in [1.29, 1.82) is 0 Å². The van der Waals surface area contributed by atoms with Gasteiger partial charge in [-0.2, -0.15) is 0 Å². The monoisotopic (exact) mass is 390 g/mol. The summed E-state index contributed by atoms with van der Waals surface area (Å²) in [6.45, 7) is 0. The third-order valence-corrected chi connectivity index (χ3v) is 4.70. The Morgan fingerprint density at radius 1 is 0.500 bits per heavy atom. The number of hydrogen-bond acceptors (Lipinski definition) is 4. The highest BCUT2D eigenvalue weighted by Gasteiger charge is 2.06. The van der Waals surface area contributed by atoms with Gasteiger partial charge in [-0.1, -0.05) is 72.8 Å². The molecule has 0 aliphatic carbocycles. The Labute approximate surface area is 176 Å². The van der Waals surface area contributed by atoms with Crippen LogP contribution in [0.3, 0.4) is 0 Å². The van der Waals surface area contributed by atoms with Gasteiger partial charge in [-0.25, -0.2) is 0 Å². The zero-order valence-electron chi connectivity index (χ0n) is 16.4. The average molecular weight is 390 g/mol. The van der Waals surface area contributed by atoms with E-state index in [0.717, 1.165) is 33.6 Å². The van der Waals surface area contributed by atoms with Gasteiger partial charge in [-0.15, -0.1) is 0 Å². The SMILES string of the molecule is Nc1ccc(-c2ccc(N=Cc3ccccc3)c(N=Cc3ccccc3)c2)cc1N. The molecular weight excluding hydrogens is 368 g/mol. The summed E-state index contributed by atoms with van der Waals surface area (Å²) in [6.07, 6.45) is 3.69. The minimum atomic E-state index is 0.563. The molecule has 0 heterocycles. The molecule has 0 spiro atoms. The Hall–Kier alpha value is -4.18. The normalized spacial score (nSPS) is 11.3.